The van der Waals surface area contributed by atoms with E-state index in [0.717, 1.165) is 55.0 Å². The average molecular weight is 261 g/mol. The molecule has 0 unspecified atom stereocenters. The molecule has 0 radical (unpaired) electrons. The van der Waals surface area contributed by atoms with Crippen molar-refractivity contribution in [3.8, 4) is 11.5 Å². The number of hydrogen-bond acceptors (Lipinski definition) is 3. The number of methoxy groups -OCH3 is 2. The molecule has 1 aliphatic rings. The van der Waals surface area contributed by atoms with Gasteiger partial charge in [-0.25, -0.2) is 0 Å². The van der Waals surface area contributed by atoms with Crippen molar-refractivity contribution < 1.29 is 14.3 Å². The van der Waals surface area contributed by atoms with Crippen LogP contribution in [0.2, 0.25) is 0 Å². The molecule has 1 amide bonds. The first-order chi connectivity index (χ1) is 9.30. The van der Waals surface area contributed by atoms with Gasteiger partial charge in [-0.2, -0.15) is 0 Å². The molecule has 4 nitrogen and oxygen atoms in total. The minimum Gasteiger partial charge on any atom is -0.497 e. The van der Waals surface area contributed by atoms with E-state index in [4.69, 9.17) is 9.47 Å². The Hall–Kier alpha value is -1.97. The zero-order valence-corrected chi connectivity index (χ0v) is 11.4. The molecule has 0 bridgehead atoms. The number of allylic oxidation sites excluding steroid dienone is 1. The molecule has 1 aromatic carbocycles. The number of carbonyl (C=O) groups excluding carboxylic acids is 1. The van der Waals surface area contributed by atoms with Crippen LogP contribution in [0.25, 0.3) is 5.70 Å². The predicted molar refractivity (Wildman–Crippen MR) is 74.1 cm³/mol. The third-order valence-electron chi connectivity index (χ3n) is 3.31. The first-order valence-corrected chi connectivity index (χ1v) is 6.44. The standard InChI is InChI=1S/C15H19NO3/c1-18-12-7-8-15(19-2)13(10-12)14-6-4-3-5-9-16(14)11-17/h6-8,10-11H,3-5,9H2,1-2H3. The molecule has 2 rings (SSSR count). The summed E-state index contributed by atoms with van der Waals surface area (Å²) >= 11 is 0. The molecule has 0 atom stereocenters. The second kappa shape index (κ2) is 6.27. The average Bonchev–Trinajstić information content (AvgIpc) is 2.71. The smallest absolute Gasteiger partial charge is 0.214 e. The summed E-state index contributed by atoms with van der Waals surface area (Å²) in [6, 6.07) is 5.63. The lowest BCUT2D eigenvalue weighted by atomic mass is 10.1. The molecule has 0 saturated carbocycles. The van der Waals surface area contributed by atoms with E-state index in [-0.39, 0.29) is 0 Å². The van der Waals surface area contributed by atoms with Crippen molar-refractivity contribution in [3.63, 3.8) is 0 Å². The van der Waals surface area contributed by atoms with Crippen molar-refractivity contribution in [2.24, 2.45) is 0 Å². The number of nitrogens with zero attached hydrogens (tertiary/aromatic N) is 1. The highest BCUT2D eigenvalue weighted by Crippen LogP contribution is 2.33. The minimum absolute atomic E-state index is 0.746. The maximum Gasteiger partial charge on any atom is 0.214 e. The SMILES string of the molecule is COc1ccc(OC)c(C2=CCCCCN2C=O)c1. The summed E-state index contributed by atoms with van der Waals surface area (Å²) in [4.78, 5) is 13.0. The van der Waals surface area contributed by atoms with Gasteiger partial charge in [0.05, 0.1) is 19.9 Å². The first-order valence-electron chi connectivity index (χ1n) is 6.44. The van der Waals surface area contributed by atoms with Gasteiger partial charge in [0, 0.05) is 12.1 Å². The highest BCUT2D eigenvalue weighted by Gasteiger charge is 2.17. The lowest BCUT2D eigenvalue weighted by Gasteiger charge is -2.21. The second-order valence-electron chi connectivity index (χ2n) is 4.45. The summed E-state index contributed by atoms with van der Waals surface area (Å²) < 4.78 is 10.6. The number of hydrogen-bond donors (Lipinski definition) is 0. The van der Waals surface area contributed by atoms with Gasteiger partial charge in [0.2, 0.25) is 6.41 Å². The van der Waals surface area contributed by atoms with Crippen LogP contribution in [0.5, 0.6) is 11.5 Å². The molecule has 1 aromatic rings. The lowest BCUT2D eigenvalue weighted by Crippen LogP contribution is -2.20. The van der Waals surface area contributed by atoms with Crippen molar-refractivity contribution in [2.45, 2.75) is 19.3 Å². The summed E-state index contributed by atoms with van der Waals surface area (Å²) in [5.41, 5.74) is 1.80. The fourth-order valence-electron chi connectivity index (χ4n) is 2.29. The van der Waals surface area contributed by atoms with Gasteiger partial charge in [0.25, 0.3) is 0 Å². The second-order valence-corrected chi connectivity index (χ2v) is 4.45. The number of rotatable bonds is 4. The van der Waals surface area contributed by atoms with E-state index in [2.05, 4.69) is 6.08 Å². The van der Waals surface area contributed by atoms with Gasteiger partial charge < -0.3 is 14.4 Å². The van der Waals surface area contributed by atoms with Crippen LogP contribution in [0, 0.1) is 0 Å². The molecule has 4 heteroatoms. The van der Waals surface area contributed by atoms with Gasteiger partial charge in [-0.05, 0) is 37.5 Å². The quantitative estimate of drug-likeness (QED) is 0.782. The Morgan fingerprint density at radius 2 is 2.05 bits per heavy atom. The van der Waals surface area contributed by atoms with E-state index in [0.29, 0.717) is 0 Å². The van der Waals surface area contributed by atoms with E-state index in [9.17, 15) is 4.79 Å². The van der Waals surface area contributed by atoms with Crippen molar-refractivity contribution >= 4 is 12.1 Å². The Kier molecular flexibility index (Phi) is 4.44. The Labute approximate surface area is 113 Å². The molecule has 19 heavy (non-hydrogen) atoms. The van der Waals surface area contributed by atoms with Crippen LogP contribution in [0.15, 0.2) is 24.3 Å². The normalized spacial score (nSPS) is 15.5. The van der Waals surface area contributed by atoms with Crippen LogP contribution < -0.4 is 9.47 Å². The number of ether oxygens (including phenoxy) is 2. The molecule has 1 heterocycles. The van der Waals surface area contributed by atoms with Crippen LogP contribution in [0.3, 0.4) is 0 Å². The zero-order valence-electron chi connectivity index (χ0n) is 11.4. The molecule has 1 aliphatic heterocycles. The van der Waals surface area contributed by atoms with Crippen LogP contribution >= 0.6 is 0 Å². The topological polar surface area (TPSA) is 38.8 Å². The van der Waals surface area contributed by atoms with Gasteiger partial charge in [-0.3, -0.25) is 4.79 Å². The summed E-state index contributed by atoms with van der Waals surface area (Å²) in [6.07, 6.45) is 6.07. The van der Waals surface area contributed by atoms with E-state index in [1.165, 1.54) is 0 Å². The van der Waals surface area contributed by atoms with Gasteiger partial charge in [-0.1, -0.05) is 6.08 Å². The van der Waals surface area contributed by atoms with E-state index < -0.39 is 0 Å². The number of benzene rings is 1. The molecular formula is C15H19NO3. The monoisotopic (exact) mass is 261 g/mol. The zero-order chi connectivity index (χ0) is 13.7. The molecule has 0 aliphatic carbocycles. The molecule has 0 fully saturated rings. The molecule has 102 valence electrons. The van der Waals surface area contributed by atoms with Crippen LogP contribution in [-0.2, 0) is 4.79 Å². The maximum atomic E-state index is 11.3. The molecule has 0 spiro atoms. The molecule has 0 N–H and O–H groups in total. The Bertz CT molecular complexity index is 482. The Morgan fingerprint density at radius 3 is 2.74 bits per heavy atom. The molecule has 0 aromatic heterocycles. The third-order valence-corrected chi connectivity index (χ3v) is 3.31. The summed E-state index contributed by atoms with van der Waals surface area (Å²) in [5, 5.41) is 0. The maximum absolute atomic E-state index is 11.3. The highest BCUT2D eigenvalue weighted by molar-refractivity contribution is 5.78. The van der Waals surface area contributed by atoms with Crippen LogP contribution in [0.4, 0.5) is 0 Å². The largest absolute Gasteiger partial charge is 0.497 e. The van der Waals surface area contributed by atoms with E-state index in [1.807, 2.05) is 18.2 Å². The first kappa shape index (κ1) is 13.5. The Morgan fingerprint density at radius 1 is 1.21 bits per heavy atom. The van der Waals surface area contributed by atoms with Crippen molar-refractivity contribution in [3.05, 3.63) is 29.8 Å². The fourth-order valence-corrected chi connectivity index (χ4v) is 2.29. The summed E-state index contributed by atoms with van der Waals surface area (Å²) in [5.74, 6) is 1.51. The van der Waals surface area contributed by atoms with Crippen LogP contribution in [-0.4, -0.2) is 32.1 Å². The van der Waals surface area contributed by atoms with Crippen molar-refractivity contribution in [1.29, 1.82) is 0 Å². The Balaban J connectivity index is 2.47. The van der Waals surface area contributed by atoms with Gasteiger partial charge in [-0.15, -0.1) is 0 Å². The van der Waals surface area contributed by atoms with Crippen molar-refractivity contribution in [2.75, 3.05) is 20.8 Å². The summed E-state index contributed by atoms with van der Waals surface area (Å²) in [7, 11) is 3.26. The van der Waals surface area contributed by atoms with Crippen molar-refractivity contribution in [1.82, 2.24) is 4.90 Å². The van der Waals surface area contributed by atoms with Gasteiger partial charge >= 0.3 is 0 Å². The van der Waals surface area contributed by atoms with E-state index >= 15 is 0 Å². The molecular weight excluding hydrogens is 242 g/mol. The lowest BCUT2D eigenvalue weighted by molar-refractivity contribution is -0.115. The number of carbonyl (C=O) groups is 1. The number of amides is 1. The van der Waals surface area contributed by atoms with Gasteiger partial charge in [0.1, 0.15) is 11.5 Å². The highest BCUT2D eigenvalue weighted by atomic mass is 16.5. The third kappa shape index (κ3) is 2.89. The predicted octanol–water partition coefficient (Wildman–Crippen LogP) is 2.69. The summed E-state index contributed by atoms with van der Waals surface area (Å²) in [6.45, 7) is 0.746. The van der Waals surface area contributed by atoms with Crippen LogP contribution in [0.1, 0.15) is 24.8 Å². The van der Waals surface area contributed by atoms with E-state index in [1.54, 1.807) is 19.1 Å². The van der Waals surface area contributed by atoms with Gasteiger partial charge in [0.15, 0.2) is 0 Å². The molecule has 0 saturated heterocycles. The fraction of sp³-hybridized carbons (Fsp3) is 0.400. The minimum atomic E-state index is 0.746.